The van der Waals surface area contributed by atoms with Crippen molar-refractivity contribution < 1.29 is 10.2 Å². The van der Waals surface area contributed by atoms with E-state index in [1.54, 1.807) is 12.1 Å². The van der Waals surface area contributed by atoms with Gasteiger partial charge in [0.1, 0.15) is 5.75 Å². The summed E-state index contributed by atoms with van der Waals surface area (Å²) >= 11 is 0. The van der Waals surface area contributed by atoms with E-state index in [2.05, 4.69) is 0 Å². The van der Waals surface area contributed by atoms with Gasteiger partial charge in [-0.2, -0.15) is 5.26 Å². The lowest BCUT2D eigenvalue weighted by atomic mass is 10.1. The predicted molar refractivity (Wildman–Crippen MR) is 43.3 cm³/mol. The van der Waals surface area contributed by atoms with Gasteiger partial charge in [0, 0.05) is 5.56 Å². The van der Waals surface area contributed by atoms with E-state index in [9.17, 15) is 0 Å². The van der Waals surface area contributed by atoms with Gasteiger partial charge >= 0.3 is 0 Å². The molecule has 62 valence electrons. The van der Waals surface area contributed by atoms with Gasteiger partial charge in [0.05, 0.1) is 19.1 Å². The summed E-state index contributed by atoms with van der Waals surface area (Å²) in [7, 11) is 0. The van der Waals surface area contributed by atoms with Crippen molar-refractivity contribution in [2.45, 2.75) is 13.0 Å². The van der Waals surface area contributed by atoms with Crippen LogP contribution in [0.25, 0.3) is 0 Å². The Morgan fingerprint density at radius 1 is 1.42 bits per heavy atom. The molecule has 0 aliphatic rings. The summed E-state index contributed by atoms with van der Waals surface area (Å²) in [6.07, 6.45) is 0.299. The molecular weight excluding hydrogens is 154 g/mol. The number of nitrogens with zero attached hydrogens (tertiary/aromatic N) is 1. The van der Waals surface area contributed by atoms with E-state index in [0.717, 1.165) is 5.56 Å². The molecule has 0 unspecified atom stereocenters. The zero-order valence-corrected chi connectivity index (χ0v) is 6.49. The molecule has 0 amide bonds. The predicted octanol–water partition coefficient (Wildman–Crippen LogP) is 0.951. The van der Waals surface area contributed by atoms with E-state index in [4.69, 9.17) is 15.5 Å². The number of aromatic hydroxyl groups is 1. The number of aliphatic hydroxyl groups excluding tert-OH is 1. The van der Waals surface area contributed by atoms with Crippen molar-refractivity contribution in [2.24, 2.45) is 0 Å². The molecule has 1 aromatic carbocycles. The van der Waals surface area contributed by atoms with Crippen LogP contribution >= 0.6 is 0 Å². The minimum absolute atomic E-state index is 0.0687. The molecule has 3 nitrogen and oxygen atoms in total. The Morgan fingerprint density at radius 2 is 2.17 bits per heavy atom. The summed E-state index contributed by atoms with van der Waals surface area (Å²) in [5.41, 5.74) is 1.27. The van der Waals surface area contributed by atoms with Crippen LogP contribution in [0.2, 0.25) is 0 Å². The Morgan fingerprint density at radius 3 is 2.75 bits per heavy atom. The SMILES string of the molecule is N#CCc1ccc(O)c(CO)c1. The molecule has 1 aromatic rings. The van der Waals surface area contributed by atoms with Crippen LogP contribution in [0.1, 0.15) is 11.1 Å². The van der Waals surface area contributed by atoms with Crippen LogP contribution in [0.15, 0.2) is 18.2 Å². The van der Waals surface area contributed by atoms with Crippen LogP contribution in [-0.4, -0.2) is 10.2 Å². The topological polar surface area (TPSA) is 64.2 Å². The Balaban J connectivity index is 2.98. The van der Waals surface area contributed by atoms with E-state index in [0.29, 0.717) is 12.0 Å². The third-order valence-electron chi connectivity index (χ3n) is 1.60. The maximum Gasteiger partial charge on any atom is 0.121 e. The lowest BCUT2D eigenvalue weighted by Crippen LogP contribution is -1.88. The van der Waals surface area contributed by atoms with Crippen molar-refractivity contribution >= 4 is 0 Å². The van der Waals surface area contributed by atoms with Gasteiger partial charge in [-0.05, 0) is 17.7 Å². The van der Waals surface area contributed by atoms with Crippen molar-refractivity contribution in [1.82, 2.24) is 0 Å². The molecule has 2 N–H and O–H groups in total. The third kappa shape index (κ3) is 1.74. The maximum absolute atomic E-state index is 9.16. The average Bonchev–Trinajstić information content (AvgIpc) is 2.09. The number of nitriles is 1. The molecule has 0 bridgehead atoms. The minimum Gasteiger partial charge on any atom is -0.508 e. The number of phenols is 1. The molecule has 0 spiro atoms. The molecule has 0 radical (unpaired) electrons. The number of aliphatic hydroxyl groups is 1. The first-order valence-electron chi connectivity index (χ1n) is 3.56. The lowest BCUT2D eigenvalue weighted by molar-refractivity contribution is 0.275. The van der Waals surface area contributed by atoms with E-state index in [-0.39, 0.29) is 12.4 Å². The molecule has 3 heteroatoms. The zero-order valence-electron chi connectivity index (χ0n) is 6.49. The standard InChI is InChI=1S/C9H9NO2/c10-4-3-7-1-2-9(12)8(5-7)6-11/h1-2,5,11-12H,3,6H2. The van der Waals surface area contributed by atoms with Gasteiger partial charge in [-0.3, -0.25) is 0 Å². The van der Waals surface area contributed by atoms with Crippen molar-refractivity contribution in [3.05, 3.63) is 29.3 Å². The Bertz CT molecular complexity index is 315. The normalized spacial score (nSPS) is 9.33. The molecule has 0 aliphatic carbocycles. The van der Waals surface area contributed by atoms with Crippen LogP contribution in [0, 0.1) is 11.3 Å². The molecule has 0 heterocycles. The number of rotatable bonds is 2. The highest BCUT2D eigenvalue weighted by Gasteiger charge is 2.00. The lowest BCUT2D eigenvalue weighted by Gasteiger charge is -2.01. The second kappa shape index (κ2) is 3.74. The number of hydrogen-bond donors (Lipinski definition) is 2. The maximum atomic E-state index is 9.16. The van der Waals surface area contributed by atoms with Gasteiger partial charge < -0.3 is 10.2 Å². The summed E-state index contributed by atoms with van der Waals surface area (Å²) in [5.74, 6) is 0.0687. The van der Waals surface area contributed by atoms with Gasteiger partial charge in [-0.1, -0.05) is 6.07 Å². The van der Waals surface area contributed by atoms with Crippen LogP contribution < -0.4 is 0 Å². The Hall–Kier alpha value is -1.53. The molecule has 1 rings (SSSR count). The zero-order chi connectivity index (χ0) is 8.97. The van der Waals surface area contributed by atoms with Gasteiger partial charge in [0.15, 0.2) is 0 Å². The van der Waals surface area contributed by atoms with Crippen LogP contribution in [0.3, 0.4) is 0 Å². The molecule has 0 saturated carbocycles. The highest BCUT2D eigenvalue weighted by Crippen LogP contribution is 2.18. The number of hydrogen-bond acceptors (Lipinski definition) is 3. The number of benzene rings is 1. The first kappa shape index (κ1) is 8.57. The second-order valence-electron chi connectivity index (χ2n) is 2.46. The monoisotopic (exact) mass is 163 g/mol. The van der Waals surface area contributed by atoms with Crippen molar-refractivity contribution in [3.63, 3.8) is 0 Å². The molecule has 12 heavy (non-hydrogen) atoms. The summed E-state index contributed by atoms with van der Waals surface area (Å²) in [6.45, 7) is -0.203. The molecule has 0 fully saturated rings. The molecule has 0 atom stereocenters. The highest BCUT2D eigenvalue weighted by atomic mass is 16.3. The van der Waals surface area contributed by atoms with Crippen molar-refractivity contribution in [3.8, 4) is 11.8 Å². The quantitative estimate of drug-likeness (QED) is 0.682. The second-order valence-corrected chi connectivity index (χ2v) is 2.46. The first-order valence-corrected chi connectivity index (χ1v) is 3.56. The largest absolute Gasteiger partial charge is 0.508 e. The van der Waals surface area contributed by atoms with E-state index < -0.39 is 0 Å². The van der Waals surface area contributed by atoms with Crippen molar-refractivity contribution in [1.29, 1.82) is 5.26 Å². The Kier molecular flexibility index (Phi) is 2.67. The summed E-state index contributed by atoms with van der Waals surface area (Å²) in [4.78, 5) is 0. The average molecular weight is 163 g/mol. The Labute approximate surface area is 70.5 Å². The van der Waals surface area contributed by atoms with E-state index in [1.165, 1.54) is 6.07 Å². The van der Waals surface area contributed by atoms with Gasteiger partial charge in [-0.15, -0.1) is 0 Å². The van der Waals surface area contributed by atoms with Crippen molar-refractivity contribution in [2.75, 3.05) is 0 Å². The van der Waals surface area contributed by atoms with Gasteiger partial charge in [0.25, 0.3) is 0 Å². The van der Waals surface area contributed by atoms with Crippen LogP contribution in [-0.2, 0) is 13.0 Å². The fraction of sp³-hybridized carbons (Fsp3) is 0.222. The smallest absolute Gasteiger partial charge is 0.121 e. The molecular formula is C9H9NO2. The molecule has 0 aromatic heterocycles. The summed E-state index contributed by atoms with van der Waals surface area (Å²) in [6, 6.07) is 6.76. The molecule has 0 saturated heterocycles. The van der Waals surface area contributed by atoms with Gasteiger partial charge in [0.2, 0.25) is 0 Å². The fourth-order valence-electron chi connectivity index (χ4n) is 0.967. The first-order chi connectivity index (χ1) is 5.77. The van der Waals surface area contributed by atoms with Gasteiger partial charge in [-0.25, -0.2) is 0 Å². The van der Waals surface area contributed by atoms with E-state index >= 15 is 0 Å². The van der Waals surface area contributed by atoms with E-state index in [1.807, 2.05) is 6.07 Å². The van der Waals surface area contributed by atoms with Crippen LogP contribution in [0.5, 0.6) is 5.75 Å². The summed E-state index contributed by atoms with van der Waals surface area (Å²) < 4.78 is 0. The molecule has 0 aliphatic heterocycles. The fourth-order valence-corrected chi connectivity index (χ4v) is 0.967. The summed E-state index contributed by atoms with van der Waals surface area (Å²) in [5, 5.41) is 26.3. The third-order valence-corrected chi connectivity index (χ3v) is 1.60. The minimum atomic E-state index is -0.203. The van der Waals surface area contributed by atoms with Crippen LogP contribution in [0.4, 0.5) is 0 Å². The highest BCUT2D eigenvalue weighted by molar-refractivity contribution is 5.36.